The van der Waals surface area contributed by atoms with E-state index in [4.69, 9.17) is 20.4 Å². The molecular formula is C15H23N3O4. The summed E-state index contributed by atoms with van der Waals surface area (Å²) in [6.07, 6.45) is -0.577. The van der Waals surface area contributed by atoms with Gasteiger partial charge in [-0.3, -0.25) is 4.90 Å². The molecule has 0 unspecified atom stereocenters. The summed E-state index contributed by atoms with van der Waals surface area (Å²) >= 11 is 0. The molecule has 0 heterocycles. The fourth-order valence-electron chi connectivity index (χ4n) is 1.90. The highest BCUT2D eigenvalue weighted by Crippen LogP contribution is 2.25. The maximum absolute atomic E-state index is 12.2. The number of ether oxygens (including phenoxy) is 2. The number of methoxy groups -OCH3 is 1. The van der Waals surface area contributed by atoms with Crippen molar-refractivity contribution >= 4 is 11.9 Å². The van der Waals surface area contributed by atoms with Gasteiger partial charge < -0.3 is 20.4 Å². The van der Waals surface area contributed by atoms with Gasteiger partial charge in [-0.25, -0.2) is 4.79 Å². The first kappa shape index (κ1) is 17.6. The summed E-state index contributed by atoms with van der Waals surface area (Å²) in [6.45, 7) is 5.30. The van der Waals surface area contributed by atoms with Crippen LogP contribution in [0.15, 0.2) is 29.4 Å². The number of rotatable bonds is 4. The summed E-state index contributed by atoms with van der Waals surface area (Å²) in [5, 5.41) is 12.0. The molecule has 7 nitrogen and oxygen atoms in total. The summed E-state index contributed by atoms with van der Waals surface area (Å²) in [5.41, 5.74) is 5.75. The predicted octanol–water partition coefficient (Wildman–Crippen LogP) is 2.35. The first-order valence-electron chi connectivity index (χ1n) is 6.76. The van der Waals surface area contributed by atoms with Crippen molar-refractivity contribution in [2.24, 2.45) is 10.9 Å². The average Bonchev–Trinajstić information content (AvgIpc) is 2.45. The number of carbonyl (C=O) groups is 1. The molecule has 1 rings (SSSR count). The van der Waals surface area contributed by atoms with E-state index in [0.717, 1.165) is 0 Å². The molecule has 7 heteroatoms. The fraction of sp³-hybridized carbons (Fsp3) is 0.467. The van der Waals surface area contributed by atoms with Crippen LogP contribution in [0.1, 0.15) is 32.4 Å². The second-order valence-corrected chi connectivity index (χ2v) is 5.80. The molecule has 3 N–H and O–H groups in total. The normalized spacial score (nSPS) is 13.4. The minimum absolute atomic E-state index is 0.124. The number of carbonyl (C=O) groups excluding carboxylic acids is 1. The number of likely N-dealkylation sites (N-methyl/N-ethyl adjacent to an activating group) is 1. The highest BCUT2D eigenvalue weighted by Gasteiger charge is 2.29. The molecule has 0 saturated heterocycles. The van der Waals surface area contributed by atoms with Crippen molar-refractivity contribution in [1.29, 1.82) is 0 Å². The Morgan fingerprint density at radius 3 is 2.55 bits per heavy atom. The molecule has 0 aromatic heterocycles. The van der Waals surface area contributed by atoms with Gasteiger partial charge in [0.25, 0.3) is 0 Å². The molecule has 1 amide bonds. The molecule has 1 aromatic rings. The van der Waals surface area contributed by atoms with Crippen molar-refractivity contribution in [3.8, 4) is 5.75 Å². The lowest BCUT2D eigenvalue weighted by Gasteiger charge is -2.30. The third kappa shape index (κ3) is 4.54. The zero-order valence-corrected chi connectivity index (χ0v) is 13.5. The molecule has 22 heavy (non-hydrogen) atoms. The second kappa shape index (κ2) is 7.02. The van der Waals surface area contributed by atoms with E-state index in [-0.39, 0.29) is 5.84 Å². The first-order chi connectivity index (χ1) is 10.2. The van der Waals surface area contributed by atoms with Gasteiger partial charge in [-0.2, -0.15) is 0 Å². The van der Waals surface area contributed by atoms with Crippen molar-refractivity contribution in [1.82, 2.24) is 4.90 Å². The Labute approximate surface area is 130 Å². The molecule has 0 aliphatic carbocycles. The Kier molecular flexibility index (Phi) is 5.62. The second-order valence-electron chi connectivity index (χ2n) is 5.80. The highest BCUT2D eigenvalue weighted by atomic mass is 16.6. The van der Waals surface area contributed by atoms with Crippen LogP contribution in [0.3, 0.4) is 0 Å². The van der Waals surface area contributed by atoms with Gasteiger partial charge in [0.05, 0.1) is 7.11 Å². The zero-order valence-electron chi connectivity index (χ0n) is 13.5. The molecule has 0 aliphatic rings. The van der Waals surface area contributed by atoms with Crippen LogP contribution in [-0.2, 0) is 4.74 Å². The van der Waals surface area contributed by atoms with Gasteiger partial charge in [-0.15, -0.1) is 0 Å². The highest BCUT2D eigenvalue weighted by molar-refractivity contribution is 5.89. The van der Waals surface area contributed by atoms with E-state index in [2.05, 4.69) is 5.16 Å². The minimum Gasteiger partial charge on any atom is -0.497 e. The van der Waals surface area contributed by atoms with Crippen LogP contribution in [0.5, 0.6) is 5.75 Å². The van der Waals surface area contributed by atoms with Gasteiger partial charge in [0, 0.05) is 7.05 Å². The number of benzene rings is 1. The van der Waals surface area contributed by atoms with Gasteiger partial charge in [0.1, 0.15) is 17.4 Å². The van der Waals surface area contributed by atoms with Crippen LogP contribution in [0, 0.1) is 0 Å². The summed E-state index contributed by atoms with van der Waals surface area (Å²) in [4.78, 5) is 13.5. The lowest BCUT2D eigenvalue weighted by atomic mass is 10.0. The number of nitrogens with zero attached hydrogens (tertiary/aromatic N) is 2. The Morgan fingerprint density at radius 1 is 1.41 bits per heavy atom. The number of oxime groups is 1. The summed E-state index contributed by atoms with van der Waals surface area (Å²) < 4.78 is 10.5. The Hall–Kier alpha value is -2.44. The van der Waals surface area contributed by atoms with E-state index in [1.54, 1.807) is 45.0 Å². The topological polar surface area (TPSA) is 97.4 Å². The number of nitrogens with two attached hydrogens (primary N) is 1. The molecule has 1 atom stereocenters. The van der Waals surface area contributed by atoms with E-state index < -0.39 is 17.7 Å². The summed E-state index contributed by atoms with van der Waals surface area (Å²) in [7, 11) is 3.06. The first-order valence-corrected chi connectivity index (χ1v) is 6.76. The SMILES string of the molecule is COc1cccc([C@H](C(N)=NO)N(C)C(=O)OC(C)(C)C)c1. The van der Waals surface area contributed by atoms with Crippen LogP contribution >= 0.6 is 0 Å². The third-order valence-corrected chi connectivity index (χ3v) is 2.87. The Balaban J connectivity index is 3.15. The molecular weight excluding hydrogens is 286 g/mol. The number of hydrogen-bond acceptors (Lipinski definition) is 5. The molecule has 0 saturated carbocycles. The predicted molar refractivity (Wildman–Crippen MR) is 83.1 cm³/mol. The van der Waals surface area contributed by atoms with E-state index in [1.807, 2.05) is 0 Å². The summed E-state index contributed by atoms with van der Waals surface area (Å²) in [5.74, 6) is 0.479. The van der Waals surface area contributed by atoms with Crippen LogP contribution in [0.4, 0.5) is 4.79 Å². The molecule has 0 bridgehead atoms. The van der Waals surface area contributed by atoms with Crippen molar-refractivity contribution in [2.45, 2.75) is 32.4 Å². The number of amidine groups is 1. The lowest BCUT2D eigenvalue weighted by Crippen LogP contribution is -2.42. The third-order valence-electron chi connectivity index (χ3n) is 2.87. The van der Waals surface area contributed by atoms with Gasteiger partial charge >= 0.3 is 6.09 Å². The molecule has 122 valence electrons. The van der Waals surface area contributed by atoms with Crippen molar-refractivity contribution in [3.05, 3.63) is 29.8 Å². The smallest absolute Gasteiger partial charge is 0.410 e. The molecule has 0 aliphatic heterocycles. The van der Waals surface area contributed by atoms with Gasteiger partial charge in [-0.1, -0.05) is 17.3 Å². The standard InChI is InChI=1S/C15H23N3O4/c1-15(2,3)22-14(19)18(4)12(13(16)17-20)10-7-6-8-11(9-10)21-5/h6-9,12,20H,1-5H3,(H2,16,17)/t12-/m1/s1. The lowest BCUT2D eigenvalue weighted by molar-refractivity contribution is 0.0263. The summed E-state index contributed by atoms with van der Waals surface area (Å²) in [6, 6.07) is 6.22. The van der Waals surface area contributed by atoms with Crippen molar-refractivity contribution in [2.75, 3.05) is 14.2 Å². The van der Waals surface area contributed by atoms with Gasteiger partial charge in [0.2, 0.25) is 0 Å². The monoisotopic (exact) mass is 309 g/mol. The van der Waals surface area contributed by atoms with Gasteiger partial charge in [-0.05, 0) is 38.5 Å². The maximum Gasteiger partial charge on any atom is 0.410 e. The largest absolute Gasteiger partial charge is 0.497 e. The fourth-order valence-corrected chi connectivity index (χ4v) is 1.90. The molecule has 0 fully saturated rings. The minimum atomic E-state index is -0.769. The molecule has 1 aromatic carbocycles. The zero-order chi connectivity index (χ0) is 16.9. The maximum atomic E-state index is 12.2. The number of amides is 1. The van der Waals surface area contributed by atoms with Crippen LogP contribution in [0.25, 0.3) is 0 Å². The number of hydrogen-bond donors (Lipinski definition) is 2. The van der Waals surface area contributed by atoms with E-state index in [0.29, 0.717) is 11.3 Å². The quantitative estimate of drug-likeness (QED) is 0.385. The Morgan fingerprint density at radius 2 is 2.05 bits per heavy atom. The molecule has 0 radical (unpaired) electrons. The van der Waals surface area contributed by atoms with Crippen molar-refractivity contribution in [3.63, 3.8) is 0 Å². The average molecular weight is 309 g/mol. The van der Waals surface area contributed by atoms with E-state index in [9.17, 15) is 4.79 Å². The van der Waals surface area contributed by atoms with Gasteiger partial charge in [0.15, 0.2) is 5.84 Å². The van der Waals surface area contributed by atoms with Crippen molar-refractivity contribution < 1.29 is 19.5 Å². The van der Waals surface area contributed by atoms with Crippen LogP contribution < -0.4 is 10.5 Å². The Bertz CT molecular complexity index is 552. The van der Waals surface area contributed by atoms with Crippen LogP contribution in [0.2, 0.25) is 0 Å². The van der Waals surface area contributed by atoms with E-state index >= 15 is 0 Å². The van der Waals surface area contributed by atoms with Crippen LogP contribution in [-0.4, -0.2) is 41.8 Å². The van der Waals surface area contributed by atoms with E-state index in [1.165, 1.54) is 19.1 Å². The molecule has 0 spiro atoms.